The largest absolute Gasteiger partial charge is 0.481 e. The van der Waals surface area contributed by atoms with Crippen LogP contribution in [0.2, 0.25) is 0 Å². The molecule has 2 rings (SSSR count). The average molecular weight is 254 g/mol. The molecule has 2 N–H and O–H groups in total. The summed E-state index contributed by atoms with van der Waals surface area (Å²) in [6.45, 7) is 2.49. The third-order valence-corrected chi connectivity index (χ3v) is 4.17. The number of amides is 2. The number of nitrogens with zero attached hydrogens (tertiary/aromatic N) is 1. The molecule has 1 heterocycles. The highest BCUT2D eigenvalue weighted by molar-refractivity contribution is 5.76. The van der Waals surface area contributed by atoms with Crippen molar-refractivity contribution in [3.05, 3.63) is 0 Å². The van der Waals surface area contributed by atoms with Gasteiger partial charge in [0.05, 0.1) is 5.92 Å². The number of aliphatic carboxylic acids is 1. The zero-order chi connectivity index (χ0) is 13.1. The minimum atomic E-state index is -0.738. The predicted molar refractivity (Wildman–Crippen MR) is 67.3 cm³/mol. The van der Waals surface area contributed by atoms with E-state index in [0.29, 0.717) is 25.4 Å². The van der Waals surface area contributed by atoms with E-state index in [1.807, 2.05) is 6.92 Å². The van der Waals surface area contributed by atoms with E-state index < -0.39 is 5.97 Å². The Kier molecular flexibility index (Phi) is 4.09. The number of carbonyl (C=O) groups is 2. The number of rotatable bonds is 2. The van der Waals surface area contributed by atoms with Crippen LogP contribution in [-0.4, -0.2) is 40.6 Å². The van der Waals surface area contributed by atoms with Crippen molar-refractivity contribution in [1.29, 1.82) is 0 Å². The smallest absolute Gasteiger partial charge is 0.317 e. The lowest BCUT2D eigenvalue weighted by atomic mass is 9.92. The zero-order valence-corrected chi connectivity index (χ0v) is 10.9. The van der Waals surface area contributed by atoms with Gasteiger partial charge in [-0.3, -0.25) is 4.79 Å². The molecule has 2 fully saturated rings. The maximum atomic E-state index is 12.1. The Hall–Kier alpha value is -1.26. The Bertz CT molecular complexity index is 326. The summed E-state index contributed by atoms with van der Waals surface area (Å²) >= 11 is 0. The van der Waals surface area contributed by atoms with Crippen molar-refractivity contribution in [1.82, 2.24) is 10.2 Å². The Morgan fingerprint density at radius 1 is 1.22 bits per heavy atom. The molecule has 0 radical (unpaired) electrons. The third kappa shape index (κ3) is 2.94. The molecule has 1 aliphatic heterocycles. The number of piperidine rings is 1. The molecule has 2 atom stereocenters. The summed E-state index contributed by atoms with van der Waals surface area (Å²) < 4.78 is 0. The van der Waals surface area contributed by atoms with Gasteiger partial charge in [0.15, 0.2) is 0 Å². The zero-order valence-electron chi connectivity index (χ0n) is 10.9. The quantitative estimate of drug-likeness (QED) is 0.789. The van der Waals surface area contributed by atoms with Crippen LogP contribution in [-0.2, 0) is 4.79 Å². The number of hydrogen-bond acceptors (Lipinski definition) is 2. The molecule has 18 heavy (non-hydrogen) atoms. The van der Waals surface area contributed by atoms with Gasteiger partial charge in [0, 0.05) is 18.6 Å². The van der Waals surface area contributed by atoms with Crippen LogP contribution in [0.15, 0.2) is 0 Å². The molecule has 1 saturated heterocycles. The van der Waals surface area contributed by atoms with Gasteiger partial charge in [-0.2, -0.15) is 0 Å². The SMILES string of the molecule is CC1CC(C(=O)O)CCN1C(=O)NC1CCCC1. The summed E-state index contributed by atoms with van der Waals surface area (Å²) in [5, 5.41) is 12.1. The number of likely N-dealkylation sites (tertiary alicyclic amines) is 1. The van der Waals surface area contributed by atoms with Gasteiger partial charge >= 0.3 is 12.0 Å². The second-order valence-corrected chi connectivity index (χ2v) is 5.53. The molecule has 102 valence electrons. The van der Waals surface area contributed by atoms with E-state index >= 15 is 0 Å². The molecule has 1 saturated carbocycles. The first-order chi connectivity index (χ1) is 8.58. The first kappa shape index (κ1) is 13.2. The lowest BCUT2D eigenvalue weighted by molar-refractivity contribution is -0.143. The first-order valence-corrected chi connectivity index (χ1v) is 6.88. The number of hydrogen-bond donors (Lipinski definition) is 2. The van der Waals surface area contributed by atoms with Gasteiger partial charge < -0.3 is 15.3 Å². The van der Waals surface area contributed by atoms with Crippen LogP contribution in [0, 0.1) is 5.92 Å². The maximum Gasteiger partial charge on any atom is 0.317 e. The van der Waals surface area contributed by atoms with Gasteiger partial charge in [0.25, 0.3) is 0 Å². The third-order valence-electron chi connectivity index (χ3n) is 4.17. The van der Waals surface area contributed by atoms with Crippen LogP contribution in [0.4, 0.5) is 4.79 Å². The molecule has 5 nitrogen and oxygen atoms in total. The van der Waals surface area contributed by atoms with Crippen molar-refractivity contribution in [3.63, 3.8) is 0 Å². The van der Waals surface area contributed by atoms with Crippen molar-refractivity contribution in [3.8, 4) is 0 Å². The molecule has 1 aliphatic carbocycles. The number of carboxylic acid groups (broad SMARTS) is 1. The summed E-state index contributed by atoms with van der Waals surface area (Å²) in [6.07, 6.45) is 5.67. The molecule has 2 aliphatic rings. The molecule has 5 heteroatoms. The van der Waals surface area contributed by atoms with Crippen LogP contribution in [0.1, 0.15) is 45.4 Å². The summed E-state index contributed by atoms with van der Waals surface area (Å²) in [4.78, 5) is 24.8. The van der Waals surface area contributed by atoms with Crippen LogP contribution < -0.4 is 5.32 Å². The minimum absolute atomic E-state index is 0.0150. The molecule has 0 aromatic heterocycles. The van der Waals surface area contributed by atoms with Gasteiger partial charge in [-0.05, 0) is 32.6 Å². The lowest BCUT2D eigenvalue weighted by Gasteiger charge is -2.36. The van der Waals surface area contributed by atoms with E-state index in [2.05, 4.69) is 5.32 Å². The fourth-order valence-electron chi connectivity index (χ4n) is 3.03. The standard InChI is InChI=1S/C13H22N2O3/c1-9-8-10(12(16)17)6-7-15(9)13(18)14-11-4-2-3-5-11/h9-11H,2-8H2,1H3,(H,14,18)(H,16,17). The minimum Gasteiger partial charge on any atom is -0.481 e. The predicted octanol–water partition coefficient (Wildman–Crippen LogP) is 1.82. The summed E-state index contributed by atoms with van der Waals surface area (Å²) in [6, 6.07) is 0.321. The molecule has 0 bridgehead atoms. The van der Waals surface area contributed by atoms with Crippen molar-refractivity contribution < 1.29 is 14.7 Å². The Morgan fingerprint density at radius 2 is 1.89 bits per heavy atom. The summed E-state index contributed by atoms with van der Waals surface area (Å²) in [7, 11) is 0. The van der Waals surface area contributed by atoms with Crippen LogP contribution >= 0.6 is 0 Å². The molecular formula is C13H22N2O3. The van der Waals surface area contributed by atoms with Crippen molar-refractivity contribution in [2.75, 3.05) is 6.54 Å². The van der Waals surface area contributed by atoms with Crippen molar-refractivity contribution in [2.45, 2.75) is 57.5 Å². The fraction of sp³-hybridized carbons (Fsp3) is 0.846. The Balaban J connectivity index is 1.85. The van der Waals surface area contributed by atoms with E-state index in [-0.39, 0.29) is 18.0 Å². The van der Waals surface area contributed by atoms with Gasteiger partial charge in [0.2, 0.25) is 0 Å². The molecule has 2 unspecified atom stereocenters. The van der Waals surface area contributed by atoms with E-state index in [0.717, 1.165) is 12.8 Å². The van der Waals surface area contributed by atoms with E-state index in [4.69, 9.17) is 5.11 Å². The normalized spacial score (nSPS) is 29.3. The highest BCUT2D eigenvalue weighted by atomic mass is 16.4. The average Bonchev–Trinajstić information content (AvgIpc) is 2.81. The summed E-state index contributed by atoms with van der Waals surface area (Å²) in [5.41, 5.74) is 0. The maximum absolute atomic E-state index is 12.1. The number of carbonyl (C=O) groups excluding carboxylic acids is 1. The van der Waals surface area contributed by atoms with Crippen molar-refractivity contribution >= 4 is 12.0 Å². The second-order valence-electron chi connectivity index (χ2n) is 5.53. The van der Waals surface area contributed by atoms with Crippen LogP contribution in [0.3, 0.4) is 0 Å². The van der Waals surface area contributed by atoms with Crippen LogP contribution in [0.5, 0.6) is 0 Å². The van der Waals surface area contributed by atoms with Crippen molar-refractivity contribution in [2.24, 2.45) is 5.92 Å². The topological polar surface area (TPSA) is 69.6 Å². The molecular weight excluding hydrogens is 232 g/mol. The van der Waals surface area contributed by atoms with E-state index in [9.17, 15) is 9.59 Å². The highest BCUT2D eigenvalue weighted by Gasteiger charge is 2.33. The summed E-state index contributed by atoms with van der Waals surface area (Å²) in [5.74, 6) is -1.03. The lowest BCUT2D eigenvalue weighted by Crippen LogP contribution is -2.51. The number of carboxylic acids is 1. The first-order valence-electron chi connectivity index (χ1n) is 6.88. The second kappa shape index (κ2) is 5.59. The molecule has 2 amide bonds. The van der Waals surface area contributed by atoms with Gasteiger partial charge in [0.1, 0.15) is 0 Å². The monoisotopic (exact) mass is 254 g/mol. The van der Waals surface area contributed by atoms with Gasteiger partial charge in [-0.1, -0.05) is 12.8 Å². The van der Waals surface area contributed by atoms with Gasteiger partial charge in [-0.25, -0.2) is 4.79 Å². The van der Waals surface area contributed by atoms with Gasteiger partial charge in [-0.15, -0.1) is 0 Å². The molecule has 0 spiro atoms. The fourth-order valence-corrected chi connectivity index (χ4v) is 3.03. The van der Waals surface area contributed by atoms with E-state index in [1.165, 1.54) is 12.8 Å². The van der Waals surface area contributed by atoms with E-state index in [1.54, 1.807) is 4.90 Å². The molecule has 0 aromatic carbocycles. The Labute approximate surface area is 108 Å². The number of urea groups is 1. The number of nitrogens with one attached hydrogen (secondary N) is 1. The highest BCUT2D eigenvalue weighted by Crippen LogP contribution is 2.24. The molecule has 0 aromatic rings. The Morgan fingerprint density at radius 3 is 2.44 bits per heavy atom. The van der Waals surface area contributed by atoms with Crippen LogP contribution in [0.25, 0.3) is 0 Å².